The molecule has 2 fully saturated rings. The van der Waals surface area contributed by atoms with Gasteiger partial charge in [-0.05, 0) is 36.8 Å². The first-order chi connectivity index (χ1) is 9.99. The Bertz CT molecular complexity index is 620. The highest BCUT2D eigenvalue weighted by molar-refractivity contribution is 6.24. The van der Waals surface area contributed by atoms with Crippen molar-refractivity contribution in [3.63, 3.8) is 0 Å². The van der Waals surface area contributed by atoms with E-state index in [2.05, 4.69) is 50.3 Å². The third-order valence-electron chi connectivity index (χ3n) is 6.34. The summed E-state index contributed by atoms with van der Waals surface area (Å²) >= 11 is 13.4. The zero-order chi connectivity index (χ0) is 14.6. The minimum atomic E-state index is -0.0850. The number of ether oxygens (including phenoxy) is 1. The molecule has 0 N–H and O–H groups in total. The molecule has 1 spiro atoms. The van der Waals surface area contributed by atoms with E-state index < -0.39 is 0 Å². The molecule has 110 valence electrons. The van der Waals surface area contributed by atoms with Crippen LogP contribution in [0.4, 0.5) is 0 Å². The molecule has 1 aromatic rings. The van der Waals surface area contributed by atoms with Crippen LogP contribution in [-0.2, 0) is 4.74 Å². The van der Waals surface area contributed by atoms with Crippen molar-refractivity contribution < 1.29 is 4.74 Å². The molecule has 3 aliphatic carbocycles. The van der Waals surface area contributed by atoms with E-state index in [1.54, 1.807) is 0 Å². The predicted octanol–water partition coefficient (Wildman–Crippen LogP) is 4.45. The Morgan fingerprint density at radius 3 is 1.71 bits per heavy atom. The first-order valence-corrected chi connectivity index (χ1v) is 8.62. The van der Waals surface area contributed by atoms with Crippen molar-refractivity contribution in [1.82, 2.24) is 0 Å². The second-order valence-corrected chi connectivity index (χ2v) is 8.43. The number of hydrogen-bond donors (Lipinski definition) is 0. The van der Waals surface area contributed by atoms with Crippen molar-refractivity contribution in [1.29, 1.82) is 0 Å². The molecule has 5 rings (SSSR count). The number of allylic oxidation sites excluding steroid dienone is 2. The van der Waals surface area contributed by atoms with E-state index in [4.69, 9.17) is 27.9 Å². The van der Waals surface area contributed by atoms with Gasteiger partial charge in [0.15, 0.2) is 0 Å². The third-order valence-corrected chi connectivity index (χ3v) is 7.21. The lowest BCUT2D eigenvalue weighted by molar-refractivity contribution is 0.252. The summed E-state index contributed by atoms with van der Waals surface area (Å²) in [6.07, 6.45) is 4.18. The van der Waals surface area contributed by atoms with Gasteiger partial charge in [-0.1, -0.05) is 36.4 Å². The quantitative estimate of drug-likeness (QED) is 0.391. The second kappa shape index (κ2) is 3.69. The zero-order valence-electron chi connectivity index (χ0n) is 12.1. The van der Waals surface area contributed by atoms with E-state index in [-0.39, 0.29) is 22.0 Å². The Balaban J connectivity index is 1.77. The van der Waals surface area contributed by atoms with Gasteiger partial charge in [-0.15, -0.1) is 23.2 Å². The maximum Gasteiger partial charge on any atom is 0.112 e. The Hall–Kier alpha value is -0.500. The zero-order valence-corrected chi connectivity index (χ0v) is 13.6. The highest BCUT2D eigenvalue weighted by Crippen LogP contribution is 2.79. The summed E-state index contributed by atoms with van der Waals surface area (Å²) < 4.78 is 6.37. The summed E-state index contributed by atoms with van der Waals surface area (Å²) in [6.45, 7) is 4.44. The summed E-state index contributed by atoms with van der Waals surface area (Å²) in [5.41, 5.74) is 2.72. The van der Waals surface area contributed by atoms with Crippen LogP contribution in [0.3, 0.4) is 0 Å². The van der Waals surface area contributed by atoms with Gasteiger partial charge >= 0.3 is 0 Å². The summed E-state index contributed by atoms with van der Waals surface area (Å²) in [6, 6.07) is 8.80. The van der Waals surface area contributed by atoms with E-state index in [9.17, 15) is 0 Å². The number of fused-ring (bicyclic) bond motifs is 6. The van der Waals surface area contributed by atoms with Crippen molar-refractivity contribution in [2.75, 3.05) is 0 Å². The van der Waals surface area contributed by atoms with E-state index in [0.717, 1.165) is 0 Å². The first-order valence-electron chi connectivity index (χ1n) is 7.74. The lowest BCUT2D eigenvalue weighted by Gasteiger charge is -2.38. The molecule has 1 unspecified atom stereocenters. The molecule has 2 bridgehead atoms. The van der Waals surface area contributed by atoms with Gasteiger partial charge in [-0.25, -0.2) is 0 Å². The Kier molecular flexibility index (Phi) is 2.28. The van der Waals surface area contributed by atoms with Gasteiger partial charge in [0.2, 0.25) is 0 Å². The fourth-order valence-electron chi connectivity index (χ4n) is 5.70. The SMILES string of the molecule is CC1(C)OC12[C@@H]1c3ccccc3[C@H]2[C@@H]2[C@H]1[C@@H](Cl)C=C[C@H]2Cl. The standard InChI is InChI=1S/C18H18Cl2O/c1-17(2)18(21-17)15-9-5-3-4-6-10(9)16(18)14-12(20)8-7-11(19)13(14)15/h3-8,11-16H,1-2H3/t11-,12+,13+,14-,15+,16-,18?. The molecule has 0 radical (unpaired) electrons. The predicted molar refractivity (Wildman–Crippen MR) is 85.2 cm³/mol. The molecule has 3 heteroatoms. The highest BCUT2D eigenvalue weighted by atomic mass is 35.5. The van der Waals surface area contributed by atoms with Crippen LogP contribution >= 0.6 is 23.2 Å². The second-order valence-electron chi connectivity index (χ2n) is 7.42. The van der Waals surface area contributed by atoms with Crippen LogP contribution in [0.25, 0.3) is 0 Å². The van der Waals surface area contributed by atoms with E-state index in [1.807, 2.05) is 0 Å². The van der Waals surface area contributed by atoms with Gasteiger partial charge in [-0.2, -0.15) is 0 Å². The summed E-state index contributed by atoms with van der Waals surface area (Å²) in [5.74, 6) is 1.54. The van der Waals surface area contributed by atoms with Gasteiger partial charge in [-0.3, -0.25) is 0 Å². The van der Waals surface area contributed by atoms with E-state index >= 15 is 0 Å². The summed E-state index contributed by atoms with van der Waals surface area (Å²) in [7, 11) is 0. The van der Waals surface area contributed by atoms with Crippen LogP contribution < -0.4 is 0 Å². The molecule has 7 atom stereocenters. The maximum absolute atomic E-state index is 6.69. The first kappa shape index (κ1) is 13.0. The van der Waals surface area contributed by atoms with Gasteiger partial charge in [0, 0.05) is 11.8 Å². The molecular weight excluding hydrogens is 303 g/mol. The number of alkyl halides is 2. The van der Waals surface area contributed by atoms with Gasteiger partial charge in [0.05, 0.1) is 16.4 Å². The van der Waals surface area contributed by atoms with Gasteiger partial charge < -0.3 is 4.74 Å². The molecule has 4 aliphatic rings. The highest BCUT2D eigenvalue weighted by Gasteiger charge is 2.82. The maximum atomic E-state index is 6.69. The van der Waals surface area contributed by atoms with Crippen LogP contribution in [0.15, 0.2) is 36.4 Å². The largest absolute Gasteiger partial charge is 0.362 e. The van der Waals surface area contributed by atoms with Gasteiger partial charge in [0.25, 0.3) is 0 Å². The summed E-state index contributed by atoms with van der Waals surface area (Å²) in [4.78, 5) is 0. The van der Waals surface area contributed by atoms with Crippen molar-refractivity contribution in [3.8, 4) is 0 Å². The van der Waals surface area contributed by atoms with Crippen molar-refractivity contribution in [3.05, 3.63) is 47.5 Å². The van der Waals surface area contributed by atoms with Crippen LogP contribution in [0.2, 0.25) is 0 Å². The van der Waals surface area contributed by atoms with Crippen LogP contribution in [-0.4, -0.2) is 22.0 Å². The van der Waals surface area contributed by atoms with E-state index in [0.29, 0.717) is 23.7 Å². The Morgan fingerprint density at radius 1 is 0.905 bits per heavy atom. The third kappa shape index (κ3) is 1.27. The molecule has 0 aromatic heterocycles. The molecular formula is C18H18Cl2O. The minimum absolute atomic E-state index is 0.0604. The molecule has 1 heterocycles. The average Bonchev–Trinajstić information content (AvgIpc) is 2.78. The molecule has 1 aromatic carbocycles. The molecule has 1 aliphatic heterocycles. The van der Waals surface area contributed by atoms with Gasteiger partial charge in [0.1, 0.15) is 5.60 Å². The molecule has 1 saturated heterocycles. The summed E-state index contributed by atoms with van der Waals surface area (Å²) in [5, 5.41) is 0.121. The van der Waals surface area contributed by atoms with Crippen LogP contribution in [0.1, 0.15) is 36.8 Å². The normalized spacial score (nSPS) is 51.0. The molecule has 0 amide bonds. The Labute approximate surface area is 135 Å². The van der Waals surface area contributed by atoms with Crippen molar-refractivity contribution in [2.45, 2.75) is 47.6 Å². The number of halogens is 2. The number of benzene rings is 1. The molecule has 1 saturated carbocycles. The van der Waals surface area contributed by atoms with Crippen molar-refractivity contribution >= 4 is 23.2 Å². The average molecular weight is 321 g/mol. The topological polar surface area (TPSA) is 12.5 Å². The molecule has 1 nitrogen and oxygen atoms in total. The fraction of sp³-hybridized carbons (Fsp3) is 0.556. The van der Waals surface area contributed by atoms with E-state index in [1.165, 1.54) is 11.1 Å². The number of rotatable bonds is 0. The smallest absolute Gasteiger partial charge is 0.112 e. The lowest BCUT2D eigenvalue weighted by Crippen LogP contribution is -2.36. The number of hydrogen-bond acceptors (Lipinski definition) is 1. The minimum Gasteiger partial charge on any atom is -0.362 e. The number of epoxide rings is 1. The molecule has 21 heavy (non-hydrogen) atoms. The lowest BCUT2D eigenvalue weighted by atomic mass is 9.70. The fourth-order valence-corrected chi connectivity index (χ4v) is 6.49. The monoisotopic (exact) mass is 320 g/mol. The van der Waals surface area contributed by atoms with Crippen LogP contribution in [0, 0.1) is 11.8 Å². The van der Waals surface area contributed by atoms with Crippen LogP contribution in [0.5, 0.6) is 0 Å². The Morgan fingerprint density at radius 2 is 1.33 bits per heavy atom. The van der Waals surface area contributed by atoms with Crippen molar-refractivity contribution in [2.24, 2.45) is 11.8 Å².